The summed E-state index contributed by atoms with van der Waals surface area (Å²) in [5.41, 5.74) is 5.18. The van der Waals surface area contributed by atoms with Gasteiger partial charge in [-0.15, -0.1) is 0 Å². The predicted molar refractivity (Wildman–Crippen MR) is 74.1 cm³/mol. The molecule has 2 unspecified atom stereocenters. The fourth-order valence-corrected chi connectivity index (χ4v) is 2.95. The Balaban J connectivity index is 2.15. The van der Waals surface area contributed by atoms with Gasteiger partial charge in [-0.3, -0.25) is 16.0 Å². The Morgan fingerprint density at radius 1 is 1.67 bits per heavy atom. The van der Waals surface area contributed by atoms with Gasteiger partial charge >= 0.3 is 0 Å². The lowest BCUT2D eigenvalue weighted by Gasteiger charge is -2.22. The normalized spacial score (nSPS) is 21.4. The summed E-state index contributed by atoms with van der Waals surface area (Å²) >= 11 is 3.62. The molecule has 5 nitrogen and oxygen atoms in total. The number of aryl methyl sites for hydroxylation is 2. The maximum Gasteiger partial charge on any atom is 0.0738 e. The first-order chi connectivity index (χ1) is 8.67. The molecule has 2 heterocycles. The summed E-state index contributed by atoms with van der Waals surface area (Å²) in [6.45, 7) is 6.64. The van der Waals surface area contributed by atoms with E-state index in [9.17, 15) is 0 Å². The fourth-order valence-electron chi connectivity index (χ4n) is 2.50. The molecule has 0 aliphatic carbocycles. The van der Waals surface area contributed by atoms with Crippen LogP contribution in [0.2, 0.25) is 0 Å². The molecular weight excluding hydrogens is 296 g/mol. The smallest absolute Gasteiger partial charge is 0.0738 e. The molecule has 3 N–H and O–H groups in total. The second-order valence-corrected chi connectivity index (χ2v) is 5.56. The lowest BCUT2D eigenvalue weighted by molar-refractivity contribution is 0.176. The first kappa shape index (κ1) is 14.0. The van der Waals surface area contributed by atoms with Crippen molar-refractivity contribution in [2.75, 3.05) is 13.2 Å². The van der Waals surface area contributed by atoms with Crippen LogP contribution in [0.3, 0.4) is 0 Å². The molecule has 1 aliphatic rings. The Morgan fingerprint density at radius 3 is 3.00 bits per heavy atom. The minimum atomic E-state index is 0.241. The molecule has 2 rings (SSSR count). The minimum absolute atomic E-state index is 0.241. The van der Waals surface area contributed by atoms with Crippen LogP contribution >= 0.6 is 15.9 Å². The van der Waals surface area contributed by atoms with Gasteiger partial charge in [-0.2, -0.15) is 5.10 Å². The molecule has 0 aromatic carbocycles. The first-order valence-corrected chi connectivity index (χ1v) is 7.22. The Bertz CT molecular complexity index is 401. The van der Waals surface area contributed by atoms with Crippen LogP contribution in [0.15, 0.2) is 4.47 Å². The molecule has 1 aliphatic heterocycles. The number of halogens is 1. The van der Waals surface area contributed by atoms with Crippen molar-refractivity contribution in [1.82, 2.24) is 15.2 Å². The molecule has 6 heteroatoms. The van der Waals surface area contributed by atoms with E-state index in [-0.39, 0.29) is 6.04 Å². The van der Waals surface area contributed by atoms with E-state index in [1.807, 2.05) is 11.6 Å². The van der Waals surface area contributed by atoms with Crippen LogP contribution in [0.4, 0.5) is 0 Å². The van der Waals surface area contributed by atoms with Gasteiger partial charge in [0.2, 0.25) is 0 Å². The van der Waals surface area contributed by atoms with Crippen molar-refractivity contribution in [2.24, 2.45) is 11.8 Å². The van der Waals surface area contributed by atoms with E-state index < -0.39 is 0 Å². The summed E-state index contributed by atoms with van der Waals surface area (Å²) < 4.78 is 8.58. The topological polar surface area (TPSA) is 65.1 Å². The Labute approximate surface area is 116 Å². The number of hydrazine groups is 1. The number of ether oxygens (including phenoxy) is 1. The van der Waals surface area contributed by atoms with E-state index in [1.54, 1.807) is 0 Å². The number of hydrogen-bond donors (Lipinski definition) is 2. The molecule has 0 spiro atoms. The molecule has 18 heavy (non-hydrogen) atoms. The van der Waals surface area contributed by atoms with E-state index in [1.165, 1.54) is 5.69 Å². The van der Waals surface area contributed by atoms with Gasteiger partial charge in [-0.05, 0) is 36.2 Å². The Kier molecular flexibility index (Phi) is 4.77. The average molecular weight is 317 g/mol. The SMILES string of the molecule is CCn1nc(C)c(Br)c1CC(NN)C1CCOC1. The van der Waals surface area contributed by atoms with Gasteiger partial charge in [0, 0.05) is 31.5 Å². The second-order valence-electron chi connectivity index (χ2n) is 4.76. The third kappa shape index (κ3) is 2.77. The van der Waals surface area contributed by atoms with Crippen LogP contribution in [-0.4, -0.2) is 29.0 Å². The van der Waals surface area contributed by atoms with Crippen LogP contribution in [-0.2, 0) is 17.7 Å². The molecule has 1 aromatic rings. The van der Waals surface area contributed by atoms with Crippen LogP contribution in [0.25, 0.3) is 0 Å². The number of hydrogen-bond acceptors (Lipinski definition) is 4. The second kappa shape index (κ2) is 6.14. The summed E-state index contributed by atoms with van der Waals surface area (Å²) in [5.74, 6) is 6.19. The van der Waals surface area contributed by atoms with E-state index in [2.05, 4.69) is 33.4 Å². The molecule has 2 atom stereocenters. The van der Waals surface area contributed by atoms with Crippen molar-refractivity contribution in [3.05, 3.63) is 15.9 Å². The van der Waals surface area contributed by atoms with Crippen molar-refractivity contribution in [3.8, 4) is 0 Å². The highest BCUT2D eigenvalue weighted by atomic mass is 79.9. The molecular formula is C12H21BrN4O. The Hall–Kier alpha value is -0.430. The number of nitrogens with one attached hydrogen (secondary N) is 1. The molecule has 0 bridgehead atoms. The summed E-state index contributed by atoms with van der Waals surface area (Å²) in [6.07, 6.45) is 1.95. The van der Waals surface area contributed by atoms with E-state index in [4.69, 9.17) is 10.6 Å². The maximum absolute atomic E-state index is 5.70. The van der Waals surface area contributed by atoms with Crippen molar-refractivity contribution in [2.45, 2.75) is 39.3 Å². The van der Waals surface area contributed by atoms with Crippen molar-refractivity contribution in [1.29, 1.82) is 0 Å². The van der Waals surface area contributed by atoms with Gasteiger partial charge in [-0.1, -0.05) is 0 Å². The number of aromatic nitrogens is 2. The van der Waals surface area contributed by atoms with Crippen LogP contribution in [0, 0.1) is 12.8 Å². The molecule has 1 saturated heterocycles. The highest BCUT2D eigenvalue weighted by Gasteiger charge is 2.27. The van der Waals surface area contributed by atoms with Crippen molar-refractivity contribution >= 4 is 15.9 Å². The van der Waals surface area contributed by atoms with Crippen LogP contribution < -0.4 is 11.3 Å². The lowest BCUT2D eigenvalue weighted by Crippen LogP contribution is -2.43. The summed E-state index contributed by atoms with van der Waals surface area (Å²) in [4.78, 5) is 0. The zero-order valence-corrected chi connectivity index (χ0v) is 12.5. The third-order valence-corrected chi connectivity index (χ3v) is 4.65. The van der Waals surface area contributed by atoms with Crippen molar-refractivity contribution in [3.63, 3.8) is 0 Å². The van der Waals surface area contributed by atoms with Crippen LogP contribution in [0.5, 0.6) is 0 Å². The predicted octanol–water partition coefficient (Wildman–Crippen LogP) is 1.38. The maximum atomic E-state index is 5.70. The number of nitrogens with zero attached hydrogens (tertiary/aromatic N) is 2. The van der Waals surface area contributed by atoms with Gasteiger partial charge in [0.15, 0.2) is 0 Å². The third-order valence-electron chi connectivity index (χ3n) is 3.61. The standard InChI is InChI=1S/C12H21BrN4O/c1-3-17-11(12(13)8(2)16-17)6-10(15-14)9-4-5-18-7-9/h9-10,15H,3-7,14H2,1-2H3. The van der Waals surface area contributed by atoms with Gasteiger partial charge in [0.1, 0.15) is 0 Å². The highest BCUT2D eigenvalue weighted by molar-refractivity contribution is 9.10. The first-order valence-electron chi connectivity index (χ1n) is 6.43. The fraction of sp³-hybridized carbons (Fsp3) is 0.750. The Morgan fingerprint density at radius 2 is 2.44 bits per heavy atom. The van der Waals surface area contributed by atoms with Gasteiger partial charge in [-0.25, -0.2) is 0 Å². The summed E-state index contributed by atoms with van der Waals surface area (Å²) in [6, 6.07) is 0.241. The lowest BCUT2D eigenvalue weighted by atomic mass is 9.95. The minimum Gasteiger partial charge on any atom is -0.381 e. The summed E-state index contributed by atoms with van der Waals surface area (Å²) in [5, 5.41) is 4.51. The molecule has 0 saturated carbocycles. The number of rotatable bonds is 5. The molecule has 102 valence electrons. The van der Waals surface area contributed by atoms with E-state index in [0.717, 1.165) is 42.8 Å². The van der Waals surface area contributed by atoms with E-state index in [0.29, 0.717) is 5.92 Å². The molecule has 1 aromatic heterocycles. The molecule has 0 radical (unpaired) electrons. The van der Waals surface area contributed by atoms with Crippen molar-refractivity contribution < 1.29 is 4.74 Å². The zero-order chi connectivity index (χ0) is 13.1. The molecule has 0 amide bonds. The van der Waals surface area contributed by atoms with Crippen LogP contribution in [0.1, 0.15) is 24.7 Å². The van der Waals surface area contributed by atoms with Gasteiger partial charge < -0.3 is 4.74 Å². The molecule has 1 fully saturated rings. The number of nitrogens with two attached hydrogens (primary N) is 1. The largest absolute Gasteiger partial charge is 0.381 e. The van der Waals surface area contributed by atoms with Gasteiger partial charge in [0.05, 0.1) is 22.5 Å². The van der Waals surface area contributed by atoms with Gasteiger partial charge in [0.25, 0.3) is 0 Å². The zero-order valence-electron chi connectivity index (χ0n) is 10.9. The van der Waals surface area contributed by atoms with E-state index >= 15 is 0 Å². The average Bonchev–Trinajstić information content (AvgIpc) is 2.98. The monoisotopic (exact) mass is 316 g/mol. The summed E-state index contributed by atoms with van der Waals surface area (Å²) in [7, 11) is 0. The highest BCUT2D eigenvalue weighted by Crippen LogP contribution is 2.25. The quantitative estimate of drug-likeness (QED) is 0.636.